The SMILES string of the molecule is CC(C)(C)OC(=O)OC(NS(=O)(=O)c1nc2ccccc2s1)c1ccccc1. The highest BCUT2D eigenvalue weighted by atomic mass is 32.2. The topological polar surface area (TPSA) is 94.6 Å². The smallest absolute Gasteiger partial charge is 0.429 e. The highest BCUT2D eigenvalue weighted by Crippen LogP contribution is 2.27. The minimum absolute atomic E-state index is 0.109. The number of hydrogen-bond acceptors (Lipinski definition) is 7. The summed E-state index contributed by atoms with van der Waals surface area (Å²) in [4.78, 5) is 16.3. The Kier molecular flexibility index (Phi) is 5.69. The molecule has 0 bridgehead atoms. The Hall–Kier alpha value is -2.49. The fourth-order valence-corrected chi connectivity index (χ4v) is 4.65. The minimum Gasteiger partial charge on any atom is -0.429 e. The van der Waals surface area contributed by atoms with Gasteiger partial charge >= 0.3 is 6.16 Å². The van der Waals surface area contributed by atoms with Crippen LogP contribution in [0.5, 0.6) is 0 Å². The van der Waals surface area contributed by atoms with Gasteiger partial charge in [-0.25, -0.2) is 18.2 Å². The number of carbonyl (C=O) groups excluding carboxylic acids is 1. The number of carbonyl (C=O) groups is 1. The van der Waals surface area contributed by atoms with Crippen molar-refractivity contribution in [3.63, 3.8) is 0 Å². The van der Waals surface area contributed by atoms with E-state index in [1.165, 1.54) is 0 Å². The average Bonchev–Trinajstić information content (AvgIpc) is 3.05. The summed E-state index contributed by atoms with van der Waals surface area (Å²) in [5.74, 6) is 0. The van der Waals surface area contributed by atoms with Crippen LogP contribution in [0.2, 0.25) is 0 Å². The lowest BCUT2D eigenvalue weighted by atomic mass is 10.2. The lowest BCUT2D eigenvalue weighted by Crippen LogP contribution is -2.34. The predicted octanol–water partition coefficient (Wildman–Crippen LogP) is 4.23. The Bertz CT molecular complexity index is 1040. The maximum absolute atomic E-state index is 12.9. The van der Waals surface area contributed by atoms with E-state index in [2.05, 4.69) is 9.71 Å². The highest BCUT2D eigenvalue weighted by Gasteiger charge is 2.29. The standard InChI is InChI=1S/C19H20N2O5S2/c1-19(2,3)26-18(22)25-16(13-9-5-4-6-10-13)21-28(23,24)17-20-14-11-7-8-12-15(14)27-17/h4-12,16,21H,1-3H3. The second kappa shape index (κ2) is 7.86. The number of fused-ring (bicyclic) bond motifs is 1. The van der Waals surface area contributed by atoms with Crippen LogP contribution in [-0.2, 0) is 19.5 Å². The van der Waals surface area contributed by atoms with E-state index in [4.69, 9.17) is 9.47 Å². The van der Waals surface area contributed by atoms with Crippen molar-refractivity contribution in [3.8, 4) is 0 Å². The Labute approximate surface area is 167 Å². The van der Waals surface area contributed by atoms with Gasteiger partial charge in [-0.05, 0) is 32.9 Å². The molecule has 1 aromatic heterocycles. The molecule has 1 N–H and O–H groups in total. The first-order valence-corrected chi connectivity index (χ1v) is 10.8. The minimum atomic E-state index is -4.03. The molecule has 3 rings (SSSR count). The summed E-state index contributed by atoms with van der Waals surface area (Å²) in [6, 6.07) is 15.6. The molecule has 9 heteroatoms. The van der Waals surface area contributed by atoms with Gasteiger partial charge < -0.3 is 9.47 Å². The van der Waals surface area contributed by atoms with Crippen molar-refractivity contribution >= 4 is 37.7 Å². The first kappa shape index (κ1) is 20.2. The molecule has 0 radical (unpaired) electrons. The van der Waals surface area contributed by atoms with E-state index in [9.17, 15) is 13.2 Å². The van der Waals surface area contributed by atoms with E-state index < -0.39 is 28.0 Å². The summed E-state index contributed by atoms with van der Waals surface area (Å²) in [5, 5.41) is 0. The summed E-state index contributed by atoms with van der Waals surface area (Å²) in [6.07, 6.45) is -2.23. The quantitative estimate of drug-likeness (QED) is 0.490. The van der Waals surface area contributed by atoms with Crippen LogP contribution < -0.4 is 4.72 Å². The maximum Gasteiger partial charge on any atom is 0.510 e. The summed E-state index contributed by atoms with van der Waals surface area (Å²) in [7, 11) is -4.03. The molecule has 3 aromatic rings. The van der Waals surface area contributed by atoms with Gasteiger partial charge in [-0.1, -0.05) is 42.5 Å². The lowest BCUT2D eigenvalue weighted by molar-refractivity contribution is -0.0296. The Morgan fingerprint density at radius 2 is 1.71 bits per heavy atom. The molecular weight excluding hydrogens is 400 g/mol. The van der Waals surface area contributed by atoms with Crippen molar-refractivity contribution in [2.24, 2.45) is 0 Å². The molecule has 0 aliphatic carbocycles. The third-order valence-corrected chi connectivity index (χ3v) is 6.29. The van der Waals surface area contributed by atoms with Crippen molar-refractivity contribution < 1.29 is 22.7 Å². The number of sulfonamides is 1. The number of nitrogens with zero attached hydrogens (tertiary/aromatic N) is 1. The van der Waals surface area contributed by atoms with Gasteiger partial charge in [0.15, 0.2) is 6.23 Å². The summed E-state index contributed by atoms with van der Waals surface area (Å²) < 4.78 is 39.2. The van der Waals surface area contributed by atoms with Crippen LogP contribution in [0.25, 0.3) is 10.2 Å². The van der Waals surface area contributed by atoms with Gasteiger partial charge in [-0.15, -0.1) is 11.3 Å². The summed E-state index contributed by atoms with van der Waals surface area (Å²) in [5.41, 5.74) is 0.264. The number of ether oxygens (including phenoxy) is 2. The molecule has 0 saturated heterocycles. The van der Waals surface area contributed by atoms with E-state index in [0.29, 0.717) is 11.1 Å². The summed E-state index contributed by atoms with van der Waals surface area (Å²) >= 11 is 1.04. The second-order valence-corrected chi connectivity index (χ2v) is 9.86. The van der Waals surface area contributed by atoms with Gasteiger partial charge in [0.1, 0.15) is 5.60 Å². The number of hydrogen-bond donors (Lipinski definition) is 1. The normalized spacial score (nSPS) is 13.2. The number of rotatable bonds is 5. The van der Waals surface area contributed by atoms with Crippen molar-refractivity contribution in [3.05, 3.63) is 60.2 Å². The van der Waals surface area contributed by atoms with Crippen molar-refractivity contribution in [1.82, 2.24) is 9.71 Å². The number of thiazole rings is 1. The Morgan fingerprint density at radius 1 is 1.07 bits per heavy atom. The molecule has 0 spiro atoms. The largest absolute Gasteiger partial charge is 0.510 e. The Morgan fingerprint density at radius 3 is 2.36 bits per heavy atom. The molecule has 7 nitrogen and oxygen atoms in total. The van der Waals surface area contributed by atoms with Crippen molar-refractivity contribution in [2.75, 3.05) is 0 Å². The van der Waals surface area contributed by atoms with Gasteiger partial charge in [0, 0.05) is 5.56 Å². The number of para-hydroxylation sites is 1. The van der Waals surface area contributed by atoms with Crippen LogP contribution in [0, 0.1) is 0 Å². The molecule has 0 fully saturated rings. The van der Waals surface area contributed by atoms with Crippen molar-refractivity contribution in [2.45, 2.75) is 36.9 Å². The molecule has 0 amide bonds. The van der Waals surface area contributed by atoms with Crippen molar-refractivity contribution in [1.29, 1.82) is 0 Å². The van der Waals surface area contributed by atoms with Crippen LogP contribution in [0.15, 0.2) is 58.9 Å². The third kappa shape index (κ3) is 5.06. The van der Waals surface area contributed by atoms with Crippen LogP contribution in [0.3, 0.4) is 0 Å². The zero-order valence-corrected chi connectivity index (χ0v) is 17.2. The van der Waals surface area contributed by atoms with Gasteiger partial charge in [0.25, 0.3) is 10.0 Å². The second-order valence-electron chi connectivity index (χ2n) is 6.94. The third-order valence-electron chi connectivity index (χ3n) is 3.47. The molecule has 1 atom stereocenters. The van der Waals surface area contributed by atoms with E-state index in [0.717, 1.165) is 16.0 Å². The molecule has 148 valence electrons. The van der Waals surface area contributed by atoms with Crippen LogP contribution >= 0.6 is 11.3 Å². The average molecular weight is 421 g/mol. The Balaban J connectivity index is 1.88. The van der Waals surface area contributed by atoms with Gasteiger partial charge in [-0.2, -0.15) is 4.72 Å². The molecule has 1 heterocycles. The molecule has 0 saturated carbocycles. The monoisotopic (exact) mass is 420 g/mol. The van der Waals surface area contributed by atoms with Crippen LogP contribution in [0.1, 0.15) is 32.6 Å². The fraction of sp³-hybridized carbons (Fsp3) is 0.263. The molecule has 0 aliphatic rings. The lowest BCUT2D eigenvalue weighted by Gasteiger charge is -2.23. The molecule has 0 aliphatic heterocycles. The van der Waals surface area contributed by atoms with E-state index in [1.54, 1.807) is 69.3 Å². The van der Waals surface area contributed by atoms with E-state index in [1.807, 2.05) is 6.07 Å². The zero-order valence-electron chi connectivity index (χ0n) is 15.6. The van der Waals surface area contributed by atoms with Gasteiger partial charge in [0.2, 0.25) is 4.34 Å². The zero-order chi connectivity index (χ0) is 20.4. The molecule has 2 aromatic carbocycles. The fourth-order valence-electron chi connectivity index (χ4n) is 2.32. The van der Waals surface area contributed by atoms with Gasteiger partial charge in [0.05, 0.1) is 10.2 Å². The predicted molar refractivity (Wildman–Crippen MR) is 106 cm³/mol. The van der Waals surface area contributed by atoms with Gasteiger partial charge in [-0.3, -0.25) is 0 Å². The summed E-state index contributed by atoms with van der Waals surface area (Å²) in [6.45, 7) is 5.07. The van der Waals surface area contributed by atoms with E-state index >= 15 is 0 Å². The van der Waals surface area contributed by atoms with Crippen LogP contribution in [0.4, 0.5) is 4.79 Å². The number of aromatic nitrogens is 1. The number of benzene rings is 2. The maximum atomic E-state index is 12.9. The first-order chi connectivity index (χ1) is 13.1. The van der Waals surface area contributed by atoms with E-state index in [-0.39, 0.29) is 4.34 Å². The molecule has 1 unspecified atom stereocenters. The molecular formula is C19H20N2O5S2. The van der Waals surface area contributed by atoms with Crippen LogP contribution in [-0.4, -0.2) is 25.2 Å². The first-order valence-electron chi connectivity index (χ1n) is 8.46. The highest BCUT2D eigenvalue weighted by molar-refractivity contribution is 7.91. The number of nitrogens with one attached hydrogen (secondary N) is 1. The molecule has 28 heavy (non-hydrogen) atoms.